The second-order valence-corrected chi connectivity index (χ2v) is 7.29. The monoisotopic (exact) mass is 289 g/mol. The summed E-state index contributed by atoms with van der Waals surface area (Å²) in [5.41, 5.74) is 0. The van der Waals surface area contributed by atoms with Crippen molar-refractivity contribution in [1.29, 1.82) is 0 Å². The molecule has 94 valence electrons. The summed E-state index contributed by atoms with van der Waals surface area (Å²) in [6, 6.07) is 3.62. The van der Waals surface area contributed by atoms with E-state index in [0.29, 0.717) is 16.1 Å². The molecule has 17 heavy (non-hydrogen) atoms. The van der Waals surface area contributed by atoms with E-state index in [4.69, 9.17) is 11.6 Å². The molecule has 0 spiro atoms. The molecule has 1 unspecified atom stereocenters. The maximum absolute atomic E-state index is 12.0. The van der Waals surface area contributed by atoms with E-state index >= 15 is 0 Å². The quantitative estimate of drug-likeness (QED) is 0.792. The van der Waals surface area contributed by atoms with Crippen LogP contribution in [-0.2, 0) is 0 Å². The number of carbonyl (C=O) groups is 1. The molecule has 1 fully saturated rings. The summed E-state index contributed by atoms with van der Waals surface area (Å²) < 4.78 is 0.689. The number of thioether (sulfide) groups is 1. The fourth-order valence-electron chi connectivity index (χ4n) is 1.92. The normalized spacial score (nSPS) is 21.6. The number of hydrogen-bond donors (Lipinski definition) is 0. The van der Waals surface area contributed by atoms with Crippen LogP contribution >= 0.6 is 34.7 Å². The van der Waals surface area contributed by atoms with Crippen LogP contribution in [-0.4, -0.2) is 41.3 Å². The zero-order valence-electron chi connectivity index (χ0n) is 9.82. The predicted octanol–water partition coefficient (Wildman–Crippen LogP) is 3.41. The molecule has 0 bridgehead atoms. The molecule has 0 saturated carbocycles. The molecule has 0 aromatic carbocycles. The van der Waals surface area contributed by atoms with E-state index < -0.39 is 0 Å². The molecule has 1 saturated heterocycles. The number of ketones is 1. The van der Waals surface area contributed by atoms with Crippen molar-refractivity contribution in [3.05, 3.63) is 21.3 Å². The van der Waals surface area contributed by atoms with Crippen LogP contribution < -0.4 is 0 Å². The minimum absolute atomic E-state index is 0.198. The maximum atomic E-state index is 12.0. The van der Waals surface area contributed by atoms with E-state index in [1.807, 2.05) is 17.8 Å². The van der Waals surface area contributed by atoms with Crippen LogP contribution in [0.4, 0.5) is 0 Å². The second-order valence-electron chi connectivity index (χ2n) is 4.16. The lowest BCUT2D eigenvalue weighted by atomic mass is 10.2. The summed E-state index contributed by atoms with van der Waals surface area (Å²) in [5, 5.41) is 0.684. The van der Waals surface area contributed by atoms with Crippen LogP contribution in [0.25, 0.3) is 0 Å². The molecule has 2 nitrogen and oxygen atoms in total. The SMILES string of the molecule is CCC1CN(CC(=O)c2ccc(Cl)s2)CCS1. The lowest BCUT2D eigenvalue weighted by molar-refractivity contribution is 0.0936. The second kappa shape index (κ2) is 6.23. The Labute approximate surface area is 115 Å². The summed E-state index contributed by atoms with van der Waals surface area (Å²) in [6.45, 7) is 4.80. The lowest BCUT2D eigenvalue weighted by Crippen LogP contribution is -2.40. The minimum atomic E-state index is 0.198. The van der Waals surface area contributed by atoms with Gasteiger partial charge in [-0.2, -0.15) is 11.8 Å². The fraction of sp³-hybridized carbons (Fsp3) is 0.583. The van der Waals surface area contributed by atoms with Crippen LogP contribution in [0, 0.1) is 0 Å². The number of halogens is 1. The molecule has 1 aromatic rings. The Bertz CT molecular complexity index is 394. The third-order valence-electron chi connectivity index (χ3n) is 2.89. The van der Waals surface area contributed by atoms with Crippen LogP contribution in [0.15, 0.2) is 12.1 Å². The first-order valence-corrected chi connectivity index (χ1v) is 8.06. The molecule has 1 aromatic heterocycles. The van der Waals surface area contributed by atoms with E-state index in [1.54, 1.807) is 6.07 Å². The molecule has 0 amide bonds. The Morgan fingerprint density at radius 1 is 1.59 bits per heavy atom. The van der Waals surface area contributed by atoms with Gasteiger partial charge in [0.05, 0.1) is 15.8 Å². The van der Waals surface area contributed by atoms with E-state index in [9.17, 15) is 4.79 Å². The largest absolute Gasteiger partial charge is 0.294 e. The highest BCUT2D eigenvalue weighted by atomic mass is 35.5. The molecule has 0 radical (unpaired) electrons. The molecular weight excluding hydrogens is 274 g/mol. The molecule has 0 N–H and O–H groups in total. The average molecular weight is 290 g/mol. The first kappa shape index (κ1) is 13.4. The highest BCUT2D eigenvalue weighted by Crippen LogP contribution is 2.24. The van der Waals surface area contributed by atoms with Gasteiger partial charge in [-0.1, -0.05) is 18.5 Å². The van der Waals surface area contributed by atoms with E-state index in [2.05, 4.69) is 11.8 Å². The smallest absolute Gasteiger partial charge is 0.186 e. The van der Waals surface area contributed by atoms with Crippen molar-refractivity contribution in [3.8, 4) is 0 Å². The first-order valence-electron chi connectivity index (χ1n) is 5.81. The van der Waals surface area contributed by atoms with Gasteiger partial charge in [-0.3, -0.25) is 9.69 Å². The summed E-state index contributed by atoms with van der Waals surface area (Å²) in [4.78, 5) is 15.1. The molecule has 1 atom stereocenters. The van der Waals surface area contributed by atoms with E-state index in [1.165, 1.54) is 17.8 Å². The highest BCUT2D eigenvalue weighted by Gasteiger charge is 2.21. The molecule has 5 heteroatoms. The Morgan fingerprint density at radius 3 is 3.06 bits per heavy atom. The van der Waals surface area contributed by atoms with Crippen molar-refractivity contribution in [2.45, 2.75) is 18.6 Å². The van der Waals surface area contributed by atoms with Gasteiger partial charge in [0.2, 0.25) is 0 Å². The van der Waals surface area contributed by atoms with Crippen LogP contribution in [0.2, 0.25) is 4.34 Å². The van der Waals surface area contributed by atoms with Gasteiger partial charge in [0.25, 0.3) is 0 Å². The van der Waals surface area contributed by atoms with Gasteiger partial charge < -0.3 is 0 Å². The van der Waals surface area contributed by atoms with E-state index in [-0.39, 0.29) is 5.78 Å². The maximum Gasteiger partial charge on any atom is 0.186 e. The minimum Gasteiger partial charge on any atom is -0.294 e. The molecule has 1 aliphatic rings. The van der Waals surface area contributed by atoms with Crippen molar-refractivity contribution >= 4 is 40.5 Å². The van der Waals surface area contributed by atoms with Gasteiger partial charge in [0, 0.05) is 24.1 Å². The van der Waals surface area contributed by atoms with E-state index in [0.717, 1.165) is 23.7 Å². The number of hydrogen-bond acceptors (Lipinski definition) is 4. The summed E-state index contributed by atoms with van der Waals surface area (Å²) in [6.07, 6.45) is 1.18. The summed E-state index contributed by atoms with van der Waals surface area (Å²) in [7, 11) is 0. The molecule has 0 aliphatic carbocycles. The van der Waals surface area contributed by atoms with Gasteiger partial charge in [-0.05, 0) is 18.6 Å². The molecule has 1 aliphatic heterocycles. The average Bonchev–Trinajstić information content (AvgIpc) is 2.76. The van der Waals surface area contributed by atoms with Crippen LogP contribution in [0.1, 0.15) is 23.0 Å². The fourth-order valence-corrected chi connectivity index (χ4v) is 4.14. The number of rotatable bonds is 4. The number of nitrogens with zero attached hydrogens (tertiary/aromatic N) is 1. The van der Waals surface area contributed by atoms with Crippen molar-refractivity contribution < 1.29 is 4.79 Å². The van der Waals surface area contributed by atoms with Crippen molar-refractivity contribution in [1.82, 2.24) is 4.90 Å². The van der Waals surface area contributed by atoms with Crippen molar-refractivity contribution in [2.75, 3.05) is 25.4 Å². The van der Waals surface area contributed by atoms with Gasteiger partial charge in [-0.25, -0.2) is 0 Å². The highest BCUT2D eigenvalue weighted by molar-refractivity contribution is 8.00. The molecule has 2 rings (SSSR count). The van der Waals surface area contributed by atoms with Crippen LogP contribution in [0.3, 0.4) is 0 Å². The third kappa shape index (κ3) is 3.71. The third-order valence-corrected chi connectivity index (χ3v) is 5.54. The van der Waals surface area contributed by atoms with Gasteiger partial charge in [-0.15, -0.1) is 11.3 Å². The summed E-state index contributed by atoms with van der Waals surface area (Å²) in [5.74, 6) is 1.33. The zero-order chi connectivity index (χ0) is 12.3. The van der Waals surface area contributed by atoms with Crippen molar-refractivity contribution in [3.63, 3.8) is 0 Å². The van der Waals surface area contributed by atoms with Gasteiger partial charge in [0.15, 0.2) is 5.78 Å². The molecule has 2 heterocycles. The molecular formula is C12H16ClNOS2. The predicted molar refractivity (Wildman–Crippen MR) is 76.6 cm³/mol. The Kier molecular flexibility index (Phi) is 4.91. The topological polar surface area (TPSA) is 20.3 Å². The Hall–Kier alpha value is -0.0300. The Morgan fingerprint density at radius 2 is 2.41 bits per heavy atom. The Balaban J connectivity index is 1.90. The lowest BCUT2D eigenvalue weighted by Gasteiger charge is -2.31. The van der Waals surface area contributed by atoms with Gasteiger partial charge in [0.1, 0.15) is 0 Å². The zero-order valence-corrected chi connectivity index (χ0v) is 12.2. The number of thiophene rings is 1. The standard InChI is InChI=1S/C12H16ClNOS2/c1-2-9-7-14(5-6-16-9)8-10(15)11-3-4-12(13)17-11/h3-4,9H,2,5-8H2,1H3. The number of carbonyl (C=O) groups excluding carboxylic acids is 1. The first-order chi connectivity index (χ1) is 8.19. The summed E-state index contributed by atoms with van der Waals surface area (Å²) >= 11 is 9.24. The number of Topliss-reactive ketones (excluding diaryl/α,β-unsaturated/α-hetero) is 1. The van der Waals surface area contributed by atoms with Gasteiger partial charge >= 0.3 is 0 Å². The van der Waals surface area contributed by atoms with Crippen LogP contribution in [0.5, 0.6) is 0 Å². The van der Waals surface area contributed by atoms with Crippen molar-refractivity contribution in [2.24, 2.45) is 0 Å².